The first-order valence-corrected chi connectivity index (χ1v) is 12.5. The van der Waals surface area contributed by atoms with Crippen LogP contribution in [0.15, 0.2) is 0 Å². The van der Waals surface area contributed by atoms with Crippen LogP contribution >= 0.6 is 0 Å². The van der Waals surface area contributed by atoms with Crippen LogP contribution in [0.2, 0.25) is 0 Å². The van der Waals surface area contributed by atoms with Gasteiger partial charge < -0.3 is 9.64 Å². The Morgan fingerprint density at radius 2 is 1.68 bits per heavy atom. The predicted octanol–water partition coefficient (Wildman–Crippen LogP) is 1.86. The normalized spacial score (nSPS) is 28.6. The van der Waals surface area contributed by atoms with Crippen LogP contribution < -0.4 is 0 Å². The molecular formula is C19H35N3O5S. The molecule has 1 saturated carbocycles. The van der Waals surface area contributed by atoms with E-state index in [0.29, 0.717) is 6.54 Å². The topological polar surface area (TPSA) is 79.4 Å². The second-order valence-electron chi connectivity index (χ2n) is 8.36. The molecule has 3 fully saturated rings. The highest BCUT2D eigenvalue weighted by Gasteiger charge is 2.41. The molecule has 2 heterocycles. The smallest absolute Gasteiger partial charge is 0.412 e. The third-order valence-corrected chi connectivity index (χ3v) is 6.77. The van der Waals surface area contributed by atoms with E-state index in [1.807, 2.05) is 0 Å². The monoisotopic (exact) mass is 417 g/mol. The molecule has 0 radical (unpaired) electrons. The van der Waals surface area contributed by atoms with Gasteiger partial charge in [0.05, 0.1) is 12.3 Å². The maximum atomic E-state index is 12.0. The van der Waals surface area contributed by atoms with Gasteiger partial charge in [-0.1, -0.05) is 19.3 Å². The molecule has 1 amide bonds. The van der Waals surface area contributed by atoms with Crippen LogP contribution in [0.25, 0.3) is 0 Å². The summed E-state index contributed by atoms with van der Waals surface area (Å²) in [6.45, 7) is 7.96. The minimum atomic E-state index is -3.65. The first-order chi connectivity index (χ1) is 13.3. The number of piperazine rings is 1. The summed E-state index contributed by atoms with van der Waals surface area (Å²) in [5.41, 5.74) is 0. The highest BCUT2D eigenvalue weighted by molar-refractivity contribution is 7.86. The molecule has 0 bridgehead atoms. The molecule has 9 heteroatoms. The fraction of sp³-hybridized carbons (Fsp3) is 0.947. The number of carbonyl (C=O) groups is 1. The van der Waals surface area contributed by atoms with E-state index in [2.05, 4.69) is 9.80 Å². The van der Waals surface area contributed by atoms with Crippen LogP contribution in [0, 0.1) is 0 Å². The van der Waals surface area contributed by atoms with Crippen LogP contribution in [0.4, 0.5) is 4.79 Å². The highest BCUT2D eigenvalue weighted by atomic mass is 32.2. The van der Waals surface area contributed by atoms with Crippen molar-refractivity contribution in [2.45, 2.75) is 70.2 Å². The number of ether oxygens (including phenoxy) is 1. The van der Waals surface area contributed by atoms with Gasteiger partial charge in [0, 0.05) is 38.8 Å². The number of cyclic esters (lactones) is 1. The SMILES string of the molecule is CC1C(OS(C)(=O)=O)OC(=O)N1CCCCN1CCN(C2CCCCC2)CC1. The van der Waals surface area contributed by atoms with Gasteiger partial charge in [-0.25, -0.2) is 8.98 Å². The van der Waals surface area contributed by atoms with Crippen molar-refractivity contribution in [1.29, 1.82) is 0 Å². The lowest BCUT2D eigenvalue weighted by Gasteiger charge is -2.40. The Labute approximate surface area is 169 Å². The number of hydrogen-bond donors (Lipinski definition) is 0. The van der Waals surface area contributed by atoms with Crippen molar-refractivity contribution in [1.82, 2.24) is 14.7 Å². The van der Waals surface area contributed by atoms with Crippen LogP contribution in [-0.2, 0) is 19.0 Å². The Balaban J connectivity index is 1.32. The Kier molecular flexibility index (Phi) is 7.58. The molecule has 1 aliphatic carbocycles. The van der Waals surface area contributed by atoms with Gasteiger partial charge in [-0.2, -0.15) is 8.42 Å². The van der Waals surface area contributed by atoms with Crippen molar-refractivity contribution in [3.05, 3.63) is 0 Å². The van der Waals surface area contributed by atoms with Gasteiger partial charge in [-0.15, -0.1) is 0 Å². The number of amides is 1. The minimum Gasteiger partial charge on any atom is -0.416 e. The molecule has 2 unspecified atom stereocenters. The molecule has 0 aromatic heterocycles. The second kappa shape index (κ2) is 9.73. The van der Waals surface area contributed by atoms with Crippen molar-refractivity contribution >= 4 is 16.2 Å². The molecule has 2 aliphatic heterocycles. The highest BCUT2D eigenvalue weighted by Crippen LogP contribution is 2.24. The summed E-state index contributed by atoms with van der Waals surface area (Å²) in [4.78, 5) is 18.7. The van der Waals surface area contributed by atoms with E-state index >= 15 is 0 Å². The van der Waals surface area contributed by atoms with Gasteiger partial charge in [-0.05, 0) is 39.2 Å². The van der Waals surface area contributed by atoms with E-state index < -0.39 is 28.5 Å². The molecule has 0 N–H and O–H groups in total. The number of nitrogens with zero attached hydrogens (tertiary/aromatic N) is 3. The second-order valence-corrected chi connectivity index (χ2v) is 9.96. The van der Waals surface area contributed by atoms with Crippen LogP contribution in [0.5, 0.6) is 0 Å². The maximum absolute atomic E-state index is 12.0. The van der Waals surface area contributed by atoms with E-state index in [4.69, 9.17) is 8.92 Å². The summed E-state index contributed by atoms with van der Waals surface area (Å²) in [7, 11) is -3.65. The Bertz CT molecular complexity index is 615. The maximum Gasteiger partial charge on any atom is 0.412 e. The zero-order valence-electron chi connectivity index (χ0n) is 17.2. The lowest BCUT2D eigenvalue weighted by atomic mass is 9.94. The van der Waals surface area contributed by atoms with Gasteiger partial charge in [0.25, 0.3) is 10.1 Å². The Hall–Kier alpha value is -0.900. The molecular weight excluding hydrogens is 382 g/mol. The summed E-state index contributed by atoms with van der Waals surface area (Å²) in [5, 5.41) is 0. The Morgan fingerprint density at radius 1 is 1.04 bits per heavy atom. The molecule has 8 nitrogen and oxygen atoms in total. The fourth-order valence-corrected chi connectivity index (χ4v) is 5.11. The largest absolute Gasteiger partial charge is 0.416 e. The van der Waals surface area contributed by atoms with Crippen LogP contribution in [0.3, 0.4) is 0 Å². The number of hydrogen-bond acceptors (Lipinski definition) is 7. The fourth-order valence-electron chi connectivity index (χ4n) is 4.56. The van der Waals surface area contributed by atoms with Gasteiger partial charge in [0.15, 0.2) is 0 Å². The third-order valence-electron chi connectivity index (χ3n) is 6.23. The standard InChI is InChI=1S/C19H35N3O5S/c1-16-18(27-28(2,24)25)26-19(23)22(16)11-7-6-10-20-12-14-21(15-13-20)17-8-4-3-5-9-17/h16-18H,3-15H2,1-2H3. The molecule has 0 aromatic carbocycles. The summed E-state index contributed by atoms with van der Waals surface area (Å²) >= 11 is 0. The molecule has 3 rings (SSSR count). The van der Waals surface area contributed by atoms with E-state index in [1.54, 1.807) is 11.8 Å². The average molecular weight is 418 g/mol. The summed E-state index contributed by atoms with van der Waals surface area (Å²) in [6, 6.07) is 0.405. The molecule has 162 valence electrons. The van der Waals surface area contributed by atoms with E-state index in [0.717, 1.165) is 44.8 Å². The van der Waals surface area contributed by atoms with Crippen molar-refractivity contribution < 1.29 is 22.1 Å². The van der Waals surface area contributed by atoms with Crippen LogP contribution in [-0.4, -0.2) is 93.1 Å². The van der Waals surface area contributed by atoms with Crippen molar-refractivity contribution in [2.75, 3.05) is 45.5 Å². The summed E-state index contributed by atoms with van der Waals surface area (Å²) in [6.07, 6.45) is 8.22. The van der Waals surface area contributed by atoms with Gasteiger partial charge >= 0.3 is 6.09 Å². The summed E-state index contributed by atoms with van der Waals surface area (Å²) < 4.78 is 32.4. The van der Waals surface area contributed by atoms with E-state index in [-0.39, 0.29) is 0 Å². The third kappa shape index (κ3) is 6.05. The molecule has 3 aliphatic rings. The molecule has 0 spiro atoms. The van der Waals surface area contributed by atoms with Crippen LogP contribution in [0.1, 0.15) is 51.9 Å². The van der Waals surface area contributed by atoms with Crippen molar-refractivity contribution in [3.63, 3.8) is 0 Å². The molecule has 0 aromatic rings. The molecule has 2 saturated heterocycles. The molecule has 28 heavy (non-hydrogen) atoms. The van der Waals surface area contributed by atoms with Gasteiger partial charge in [0.1, 0.15) is 0 Å². The Morgan fingerprint density at radius 3 is 2.32 bits per heavy atom. The zero-order valence-corrected chi connectivity index (χ0v) is 18.0. The predicted molar refractivity (Wildman–Crippen MR) is 106 cm³/mol. The van der Waals surface area contributed by atoms with Crippen molar-refractivity contribution in [3.8, 4) is 0 Å². The number of carbonyl (C=O) groups excluding carboxylic acids is 1. The van der Waals surface area contributed by atoms with E-state index in [9.17, 15) is 13.2 Å². The quantitative estimate of drug-likeness (QED) is 0.440. The first-order valence-electron chi connectivity index (χ1n) is 10.7. The molecule has 2 atom stereocenters. The summed E-state index contributed by atoms with van der Waals surface area (Å²) in [5.74, 6) is 0. The lowest BCUT2D eigenvalue weighted by molar-refractivity contribution is -0.00744. The van der Waals surface area contributed by atoms with Crippen molar-refractivity contribution in [2.24, 2.45) is 0 Å². The van der Waals surface area contributed by atoms with Gasteiger partial charge in [0.2, 0.25) is 6.29 Å². The first kappa shape index (κ1) is 21.8. The minimum absolute atomic E-state index is 0.402. The number of rotatable bonds is 8. The van der Waals surface area contributed by atoms with Gasteiger partial charge in [-0.3, -0.25) is 9.80 Å². The van der Waals surface area contributed by atoms with E-state index in [1.165, 1.54) is 45.2 Å². The zero-order chi connectivity index (χ0) is 20.1. The lowest BCUT2D eigenvalue weighted by Crippen LogP contribution is -2.50. The number of unbranched alkanes of at least 4 members (excludes halogenated alkanes) is 1. The average Bonchev–Trinajstić information content (AvgIpc) is 2.92.